The predicted molar refractivity (Wildman–Crippen MR) is 88.3 cm³/mol. The highest BCUT2D eigenvalue weighted by atomic mass is 19.1. The van der Waals surface area contributed by atoms with E-state index in [9.17, 15) is 9.50 Å². The van der Waals surface area contributed by atoms with Crippen LogP contribution in [0.1, 0.15) is 24.4 Å². The highest BCUT2D eigenvalue weighted by Gasteiger charge is 2.20. The Labute approximate surface area is 138 Å². The van der Waals surface area contributed by atoms with Gasteiger partial charge >= 0.3 is 0 Å². The Hall–Kier alpha value is -2.54. The van der Waals surface area contributed by atoms with Crippen LogP contribution in [0.4, 0.5) is 4.39 Å². The summed E-state index contributed by atoms with van der Waals surface area (Å²) in [5.74, 6) is -0.606. The average molecular weight is 327 g/mol. The molecule has 7 heteroatoms. The highest BCUT2D eigenvalue weighted by Crippen LogP contribution is 2.33. The Morgan fingerprint density at radius 2 is 2.17 bits per heavy atom. The van der Waals surface area contributed by atoms with Gasteiger partial charge in [-0.2, -0.15) is 5.10 Å². The first-order valence-corrected chi connectivity index (χ1v) is 8.04. The molecule has 3 heterocycles. The van der Waals surface area contributed by atoms with Crippen LogP contribution < -0.4 is 5.32 Å². The number of phenolic OH excluding ortho intramolecular Hbond substituents is 1. The van der Waals surface area contributed by atoms with Gasteiger partial charge in [-0.05, 0) is 44.0 Å². The molecule has 1 atom stereocenters. The minimum atomic E-state index is -0.472. The van der Waals surface area contributed by atoms with Gasteiger partial charge < -0.3 is 10.4 Å². The van der Waals surface area contributed by atoms with Crippen molar-refractivity contribution in [3.8, 4) is 17.0 Å². The van der Waals surface area contributed by atoms with Crippen molar-refractivity contribution in [2.75, 3.05) is 13.1 Å². The van der Waals surface area contributed by atoms with Gasteiger partial charge in [-0.1, -0.05) is 0 Å². The van der Waals surface area contributed by atoms with E-state index in [0.717, 1.165) is 43.0 Å². The van der Waals surface area contributed by atoms with Crippen LogP contribution in [-0.4, -0.2) is 38.2 Å². The fraction of sp³-hybridized carbons (Fsp3) is 0.353. The summed E-state index contributed by atoms with van der Waals surface area (Å²) in [6.45, 7) is 3.65. The number of nitrogens with one attached hydrogen (secondary N) is 1. The van der Waals surface area contributed by atoms with Crippen molar-refractivity contribution in [1.82, 2.24) is 25.3 Å². The number of aromatic nitrogens is 4. The fourth-order valence-electron chi connectivity index (χ4n) is 3.34. The molecule has 0 amide bonds. The number of hydrogen-bond acceptors (Lipinski definition) is 5. The molecular formula is C17H18FN5O. The van der Waals surface area contributed by atoms with E-state index < -0.39 is 5.82 Å². The summed E-state index contributed by atoms with van der Waals surface area (Å²) in [5, 5.41) is 27.3. The molecule has 1 fully saturated rings. The van der Waals surface area contributed by atoms with Crippen LogP contribution in [0.3, 0.4) is 0 Å². The molecule has 2 aromatic heterocycles. The number of piperidine rings is 1. The minimum absolute atomic E-state index is 0.134. The smallest absolute Gasteiger partial charge is 0.180 e. The molecule has 0 saturated carbocycles. The zero-order valence-electron chi connectivity index (χ0n) is 13.3. The Kier molecular flexibility index (Phi) is 3.65. The van der Waals surface area contributed by atoms with Gasteiger partial charge in [0.15, 0.2) is 5.65 Å². The third-order valence-corrected chi connectivity index (χ3v) is 4.49. The maximum absolute atomic E-state index is 13.4. The largest absolute Gasteiger partial charge is 0.507 e. The summed E-state index contributed by atoms with van der Waals surface area (Å²) in [6, 6.07) is 4.57. The summed E-state index contributed by atoms with van der Waals surface area (Å²) in [5.41, 5.74) is 2.36. The summed E-state index contributed by atoms with van der Waals surface area (Å²) in [7, 11) is 0. The number of phenols is 1. The van der Waals surface area contributed by atoms with E-state index in [0.29, 0.717) is 16.8 Å². The lowest BCUT2D eigenvalue weighted by Crippen LogP contribution is -2.32. The molecule has 4 rings (SSSR count). The Balaban J connectivity index is 1.77. The summed E-state index contributed by atoms with van der Waals surface area (Å²) >= 11 is 0. The predicted octanol–water partition coefficient (Wildman–Crippen LogP) is 2.57. The molecule has 0 bridgehead atoms. The van der Waals surface area contributed by atoms with E-state index in [1.54, 1.807) is 13.1 Å². The van der Waals surface area contributed by atoms with Crippen LogP contribution in [0.25, 0.3) is 22.3 Å². The third-order valence-electron chi connectivity index (χ3n) is 4.49. The van der Waals surface area contributed by atoms with Gasteiger partial charge in [0.2, 0.25) is 0 Å². The zero-order valence-corrected chi connectivity index (χ0v) is 13.3. The number of hydrogen-bond donors (Lipinski definition) is 2. The van der Waals surface area contributed by atoms with Crippen molar-refractivity contribution in [2.24, 2.45) is 0 Å². The van der Waals surface area contributed by atoms with Gasteiger partial charge in [0.05, 0.1) is 17.9 Å². The molecule has 1 aliphatic heterocycles. The van der Waals surface area contributed by atoms with Crippen molar-refractivity contribution in [3.05, 3.63) is 35.8 Å². The highest BCUT2D eigenvalue weighted by molar-refractivity contribution is 5.81. The van der Waals surface area contributed by atoms with E-state index in [-0.39, 0.29) is 11.8 Å². The van der Waals surface area contributed by atoms with Crippen molar-refractivity contribution >= 4 is 11.0 Å². The second-order valence-corrected chi connectivity index (χ2v) is 6.21. The van der Waals surface area contributed by atoms with Crippen LogP contribution in [0.2, 0.25) is 0 Å². The van der Waals surface area contributed by atoms with E-state index in [4.69, 9.17) is 0 Å². The first-order valence-electron chi connectivity index (χ1n) is 8.04. The van der Waals surface area contributed by atoms with Crippen LogP contribution >= 0.6 is 0 Å². The van der Waals surface area contributed by atoms with Gasteiger partial charge in [-0.3, -0.25) is 0 Å². The van der Waals surface area contributed by atoms with Crippen LogP contribution in [0, 0.1) is 12.7 Å². The Morgan fingerprint density at radius 1 is 1.29 bits per heavy atom. The topological polar surface area (TPSA) is 75.9 Å². The molecule has 0 spiro atoms. The number of nitrogens with zero attached hydrogens (tertiary/aromatic N) is 4. The zero-order chi connectivity index (χ0) is 16.7. The molecule has 1 saturated heterocycles. The first kappa shape index (κ1) is 15.0. The maximum atomic E-state index is 13.4. The van der Waals surface area contributed by atoms with Crippen molar-refractivity contribution in [2.45, 2.75) is 25.8 Å². The van der Waals surface area contributed by atoms with E-state index in [1.807, 2.05) is 10.7 Å². The molecule has 1 aliphatic rings. The summed E-state index contributed by atoms with van der Waals surface area (Å²) in [6.07, 6.45) is 3.93. The molecule has 0 radical (unpaired) electrons. The molecule has 0 unspecified atom stereocenters. The van der Waals surface area contributed by atoms with Gasteiger partial charge in [0.25, 0.3) is 0 Å². The molecule has 1 aromatic carbocycles. The molecular weight excluding hydrogens is 309 g/mol. The number of rotatable bonds is 2. The lowest BCUT2D eigenvalue weighted by molar-refractivity contribution is 0.353. The number of fused-ring (bicyclic) bond motifs is 1. The standard InChI is InChI=1S/C17H18FN5O/c1-10-5-12(18)7-15(24)16(10)14-6-11-8-20-23(17(11)22-21-14)13-3-2-4-19-9-13/h5-8,13,19,24H,2-4,9H2,1H3/t13-/m1/s1. The Bertz CT molecular complexity index is 878. The molecule has 124 valence electrons. The van der Waals surface area contributed by atoms with E-state index in [1.165, 1.54) is 6.07 Å². The average Bonchev–Trinajstić information content (AvgIpc) is 2.98. The first-order chi connectivity index (χ1) is 11.6. The molecule has 6 nitrogen and oxygen atoms in total. The summed E-state index contributed by atoms with van der Waals surface area (Å²) in [4.78, 5) is 0. The quantitative estimate of drug-likeness (QED) is 0.756. The third kappa shape index (κ3) is 2.50. The van der Waals surface area contributed by atoms with Gasteiger partial charge in [-0.25, -0.2) is 9.07 Å². The molecule has 0 aliphatic carbocycles. The minimum Gasteiger partial charge on any atom is -0.507 e. The van der Waals surface area contributed by atoms with Crippen molar-refractivity contribution in [3.63, 3.8) is 0 Å². The second-order valence-electron chi connectivity index (χ2n) is 6.21. The van der Waals surface area contributed by atoms with Gasteiger partial charge in [-0.15, -0.1) is 10.2 Å². The van der Waals surface area contributed by atoms with Crippen LogP contribution in [-0.2, 0) is 0 Å². The van der Waals surface area contributed by atoms with Gasteiger partial charge in [0.1, 0.15) is 11.6 Å². The molecule has 24 heavy (non-hydrogen) atoms. The lowest BCUT2D eigenvalue weighted by Gasteiger charge is -2.23. The number of aromatic hydroxyl groups is 1. The van der Waals surface area contributed by atoms with Crippen LogP contribution in [0.5, 0.6) is 5.75 Å². The van der Waals surface area contributed by atoms with E-state index >= 15 is 0 Å². The molecule has 2 N–H and O–H groups in total. The SMILES string of the molecule is Cc1cc(F)cc(O)c1-c1cc2cnn([C@@H]3CCCNC3)c2nn1. The fourth-order valence-corrected chi connectivity index (χ4v) is 3.34. The molecule has 3 aromatic rings. The van der Waals surface area contributed by atoms with E-state index in [2.05, 4.69) is 20.6 Å². The van der Waals surface area contributed by atoms with Crippen molar-refractivity contribution < 1.29 is 9.50 Å². The maximum Gasteiger partial charge on any atom is 0.180 e. The van der Waals surface area contributed by atoms with Crippen LogP contribution in [0.15, 0.2) is 24.4 Å². The number of benzene rings is 1. The normalized spacial score (nSPS) is 18.2. The van der Waals surface area contributed by atoms with Crippen molar-refractivity contribution in [1.29, 1.82) is 0 Å². The second kappa shape index (κ2) is 5.83. The summed E-state index contributed by atoms with van der Waals surface area (Å²) < 4.78 is 15.3. The number of aryl methyl sites for hydroxylation is 1. The lowest BCUT2D eigenvalue weighted by atomic mass is 10.0. The van der Waals surface area contributed by atoms with Gasteiger partial charge in [0, 0.05) is 23.6 Å². The number of halogens is 1. The monoisotopic (exact) mass is 327 g/mol. The Morgan fingerprint density at radius 3 is 2.92 bits per heavy atom.